The predicted octanol–water partition coefficient (Wildman–Crippen LogP) is 3.28. The fraction of sp³-hybridized carbons (Fsp3) is 0.316. The molecule has 1 aromatic carbocycles. The van der Waals surface area contributed by atoms with Crippen molar-refractivity contribution in [1.82, 2.24) is 15.5 Å². The van der Waals surface area contributed by atoms with E-state index < -0.39 is 5.60 Å². The van der Waals surface area contributed by atoms with Gasteiger partial charge in [-0.15, -0.1) is 0 Å². The second-order valence-electron chi connectivity index (χ2n) is 6.43. The first-order valence-corrected chi connectivity index (χ1v) is 8.05. The van der Waals surface area contributed by atoms with Crippen LogP contribution in [0.3, 0.4) is 0 Å². The maximum atomic E-state index is 10.6. The number of H-pyrrole nitrogens is 1. The van der Waals surface area contributed by atoms with E-state index in [0.29, 0.717) is 18.8 Å². The molecule has 2 heterocycles. The number of hydrogen-bond acceptors (Lipinski definition) is 4. The van der Waals surface area contributed by atoms with Gasteiger partial charge in [0.25, 0.3) is 0 Å². The quantitative estimate of drug-likeness (QED) is 0.650. The van der Waals surface area contributed by atoms with E-state index >= 15 is 0 Å². The van der Waals surface area contributed by atoms with Crippen LogP contribution in [0.5, 0.6) is 0 Å². The number of nitrogens with zero attached hydrogens (tertiary/aromatic N) is 1. The normalized spacial score (nSPS) is 13.8. The highest BCUT2D eigenvalue weighted by Gasteiger charge is 2.26. The lowest BCUT2D eigenvalue weighted by atomic mass is 10.0. The van der Waals surface area contributed by atoms with Gasteiger partial charge in [-0.2, -0.15) is 5.10 Å². The Balaban J connectivity index is 1.67. The largest absolute Gasteiger partial charge is 0.463 e. The summed E-state index contributed by atoms with van der Waals surface area (Å²) in [5, 5.41) is 21.1. The standard InChI is InChI=1S/C19H23N3O2/c1-13-5-4-6-15(9-13)18-16(11-21-22-18)10-20-12-19(3,23)17-8-7-14(2)24-17/h4-9,11,20,23H,10,12H2,1-3H3,(H,21,22). The van der Waals surface area contributed by atoms with Crippen molar-refractivity contribution in [2.24, 2.45) is 0 Å². The zero-order valence-corrected chi connectivity index (χ0v) is 14.3. The highest BCUT2D eigenvalue weighted by molar-refractivity contribution is 5.63. The Morgan fingerprint density at radius 1 is 1.25 bits per heavy atom. The van der Waals surface area contributed by atoms with Crippen LogP contribution in [0, 0.1) is 13.8 Å². The summed E-state index contributed by atoms with van der Waals surface area (Å²) in [5.41, 5.74) is 3.32. The zero-order chi connectivity index (χ0) is 17.2. The molecule has 0 saturated heterocycles. The smallest absolute Gasteiger partial charge is 0.136 e. The molecule has 126 valence electrons. The zero-order valence-electron chi connectivity index (χ0n) is 14.3. The Morgan fingerprint density at radius 2 is 2.08 bits per heavy atom. The van der Waals surface area contributed by atoms with Crippen molar-refractivity contribution >= 4 is 0 Å². The van der Waals surface area contributed by atoms with Gasteiger partial charge in [-0.1, -0.05) is 23.8 Å². The van der Waals surface area contributed by atoms with Gasteiger partial charge in [0.15, 0.2) is 0 Å². The second kappa shape index (κ2) is 6.63. The SMILES string of the molecule is Cc1cccc(-c2[nH]ncc2CNCC(C)(O)c2ccc(C)o2)c1. The number of aryl methyl sites for hydroxylation is 2. The summed E-state index contributed by atoms with van der Waals surface area (Å²) in [5.74, 6) is 1.36. The van der Waals surface area contributed by atoms with Crippen molar-refractivity contribution in [2.75, 3.05) is 6.54 Å². The number of furan rings is 1. The van der Waals surface area contributed by atoms with Crippen LogP contribution in [0.4, 0.5) is 0 Å². The number of aromatic amines is 1. The maximum absolute atomic E-state index is 10.6. The number of nitrogens with one attached hydrogen (secondary N) is 2. The van der Waals surface area contributed by atoms with Crippen LogP contribution < -0.4 is 5.32 Å². The summed E-state index contributed by atoms with van der Waals surface area (Å²) < 4.78 is 5.53. The number of rotatable bonds is 6. The molecule has 3 aromatic rings. The van der Waals surface area contributed by atoms with Crippen LogP contribution in [-0.4, -0.2) is 21.8 Å². The average molecular weight is 325 g/mol. The monoisotopic (exact) mass is 325 g/mol. The molecule has 1 unspecified atom stereocenters. The first-order chi connectivity index (χ1) is 11.5. The Morgan fingerprint density at radius 3 is 2.79 bits per heavy atom. The van der Waals surface area contributed by atoms with Gasteiger partial charge in [-0.05, 0) is 39.0 Å². The molecule has 0 bridgehead atoms. The van der Waals surface area contributed by atoms with Gasteiger partial charge >= 0.3 is 0 Å². The van der Waals surface area contributed by atoms with Crippen molar-refractivity contribution in [2.45, 2.75) is 32.9 Å². The topological polar surface area (TPSA) is 74.1 Å². The van der Waals surface area contributed by atoms with E-state index in [2.05, 4.69) is 40.6 Å². The lowest BCUT2D eigenvalue weighted by Crippen LogP contribution is -2.34. The van der Waals surface area contributed by atoms with Gasteiger partial charge in [0.2, 0.25) is 0 Å². The number of aromatic nitrogens is 2. The van der Waals surface area contributed by atoms with Gasteiger partial charge < -0.3 is 14.8 Å². The molecule has 0 fully saturated rings. The maximum Gasteiger partial charge on any atom is 0.136 e. The molecule has 2 aromatic heterocycles. The fourth-order valence-electron chi connectivity index (χ4n) is 2.75. The Labute approximate surface area is 141 Å². The molecule has 5 heteroatoms. The molecular weight excluding hydrogens is 302 g/mol. The summed E-state index contributed by atoms with van der Waals surface area (Å²) in [6.45, 7) is 6.68. The van der Waals surface area contributed by atoms with Gasteiger partial charge in [0.1, 0.15) is 17.1 Å². The summed E-state index contributed by atoms with van der Waals surface area (Å²) in [6, 6.07) is 12.0. The van der Waals surface area contributed by atoms with Crippen LogP contribution in [0.25, 0.3) is 11.3 Å². The summed E-state index contributed by atoms with van der Waals surface area (Å²) in [6.07, 6.45) is 1.82. The first kappa shape index (κ1) is 16.5. The highest BCUT2D eigenvalue weighted by atomic mass is 16.4. The molecule has 3 rings (SSSR count). The molecule has 0 aliphatic heterocycles. The molecule has 0 aliphatic rings. The third-order valence-corrected chi connectivity index (χ3v) is 4.08. The second-order valence-corrected chi connectivity index (χ2v) is 6.43. The number of benzene rings is 1. The molecule has 3 N–H and O–H groups in total. The van der Waals surface area contributed by atoms with E-state index in [-0.39, 0.29) is 0 Å². The Bertz CT molecular complexity index is 817. The minimum Gasteiger partial charge on any atom is -0.463 e. The number of aliphatic hydroxyl groups is 1. The van der Waals surface area contributed by atoms with E-state index in [4.69, 9.17) is 4.42 Å². The van der Waals surface area contributed by atoms with Crippen molar-refractivity contribution in [1.29, 1.82) is 0 Å². The molecule has 5 nitrogen and oxygen atoms in total. The average Bonchev–Trinajstić information content (AvgIpc) is 3.16. The van der Waals surface area contributed by atoms with Crippen LogP contribution in [0.2, 0.25) is 0 Å². The summed E-state index contributed by atoms with van der Waals surface area (Å²) in [4.78, 5) is 0. The fourth-order valence-corrected chi connectivity index (χ4v) is 2.75. The molecule has 0 radical (unpaired) electrons. The van der Waals surface area contributed by atoms with Crippen LogP contribution in [-0.2, 0) is 12.1 Å². The minimum atomic E-state index is -1.05. The van der Waals surface area contributed by atoms with E-state index in [9.17, 15) is 5.11 Å². The van der Waals surface area contributed by atoms with Gasteiger partial charge in [-0.3, -0.25) is 5.10 Å². The van der Waals surface area contributed by atoms with Crippen molar-refractivity contribution in [3.8, 4) is 11.3 Å². The lowest BCUT2D eigenvalue weighted by molar-refractivity contribution is 0.0333. The summed E-state index contributed by atoms with van der Waals surface area (Å²) >= 11 is 0. The van der Waals surface area contributed by atoms with Crippen LogP contribution in [0.15, 0.2) is 47.0 Å². The molecule has 0 aliphatic carbocycles. The van der Waals surface area contributed by atoms with Gasteiger partial charge in [0.05, 0.1) is 11.9 Å². The third kappa shape index (κ3) is 3.58. The number of hydrogen-bond donors (Lipinski definition) is 3. The van der Waals surface area contributed by atoms with Crippen LogP contribution in [0.1, 0.15) is 29.6 Å². The molecule has 0 saturated carbocycles. The highest BCUT2D eigenvalue weighted by Crippen LogP contribution is 2.24. The van der Waals surface area contributed by atoms with Crippen molar-refractivity contribution in [3.05, 3.63) is 65.2 Å². The van der Waals surface area contributed by atoms with E-state index in [1.807, 2.05) is 31.3 Å². The van der Waals surface area contributed by atoms with E-state index in [0.717, 1.165) is 22.6 Å². The molecular formula is C19H23N3O2. The third-order valence-electron chi connectivity index (χ3n) is 4.08. The molecule has 1 atom stereocenters. The Hall–Kier alpha value is -2.37. The van der Waals surface area contributed by atoms with Crippen LogP contribution >= 0.6 is 0 Å². The first-order valence-electron chi connectivity index (χ1n) is 8.05. The van der Waals surface area contributed by atoms with E-state index in [1.165, 1.54) is 5.56 Å². The predicted molar refractivity (Wildman–Crippen MR) is 93.5 cm³/mol. The van der Waals surface area contributed by atoms with Gasteiger partial charge in [0, 0.05) is 24.2 Å². The van der Waals surface area contributed by atoms with Gasteiger partial charge in [-0.25, -0.2) is 0 Å². The van der Waals surface area contributed by atoms with Crippen molar-refractivity contribution in [3.63, 3.8) is 0 Å². The van der Waals surface area contributed by atoms with Crippen molar-refractivity contribution < 1.29 is 9.52 Å². The molecule has 24 heavy (non-hydrogen) atoms. The molecule has 0 amide bonds. The lowest BCUT2D eigenvalue weighted by Gasteiger charge is -2.21. The van der Waals surface area contributed by atoms with E-state index in [1.54, 1.807) is 6.92 Å². The molecule has 0 spiro atoms. The minimum absolute atomic E-state index is 0.387. The summed E-state index contributed by atoms with van der Waals surface area (Å²) in [7, 11) is 0. The Kier molecular flexibility index (Phi) is 4.55.